The number of carbonyl (C=O) groups is 1. The Kier molecular flexibility index (Phi) is 5.36. The van der Waals surface area contributed by atoms with Crippen molar-refractivity contribution in [2.45, 2.75) is 6.54 Å². The Morgan fingerprint density at radius 3 is 2.39 bits per heavy atom. The van der Waals surface area contributed by atoms with Gasteiger partial charge in [-0.2, -0.15) is 4.98 Å². The second kappa shape index (κ2) is 7.45. The molecule has 1 heterocycles. The second-order valence-corrected chi connectivity index (χ2v) is 4.41. The van der Waals surface area contributed by atoms with Gasteiger partial charge in [0.2, 0.25) is 23.4 Å². The number of nitrogens with two attached hydrogens (primary N) is 1. The molecule has 0 fully saturated rings. The molecule has 0 bridgehead atoms. The first kappa shape index (κ1) is 16.6. The number of carbonyl (C=O) groups excluding carboxylic acids is 1. The number of benzene rings is 1. The van der Waals surface area contributed by atoms with E-state index in [9.17, 15) is 4.79 Å². The Morgan fingerprint density at radius 1 is 1.22 bits per heavy atom. The average Bonchev–Trinajstić information content (AvgIpc) is 3.07. The summed E-state index contributed by atoms with van der Waals surface area (Å²) >= 11 is 0. The van der Waals surface area contributed by atoms with Crippen LogP contribution in [0.2, 0.25) is 0 Å². The van der Waals surface area contributed by atoms with Crippen LogP contribution in [0, 0.1) is 0 Å². The van der Waals surface area contributed by atoms with Gasteiger partial charge in [0.15, 0.2) is 11.5 Å². The molecule has 0 aliphatic carbocycles. The highest BCUT2D eigenvalue weighted by Crippen LogP contribution is 2.40. The van der Waals surface area contributed by atoms with E-state index in [4.69, 9.17) is 24.5 Å². The number of rotatable bonds is 7. The molecule has 0 aliphatic rings. The minimum Gasteiger partial charge on any atom is -0.493 e. The SMILES string of the molecule is COc1cc(-c2noc(CNC(=O)CN)n2)cc(OC)c1OC. The number of aromatic nitrogens is 2. The molecule has 2 aromatic rings. The number of hydrogen-bond donors (Lipinski definition) is 2. The predicted octanol–water partition coefficient (Wildman–Crippen LogP) is 0.337. The first-order valence-corrected chi connectivity index (χ1v) is 6.72. The maximum atomic E-state index is 11.1. The van der Waals surface area contributed by atoms with Crippen molar-refractivity contribution in [3.8, 4) is 28.6 Å². The molecule has 23 heavy (non-hydrogen) atoms. The third-order valence-electron chi connectivity index (χ3n) is 3.01. The standard InChI is InChI=1S/C14H18N4O5/c1-20-9-4-8(5-10(21-2)13(9)22-3)14-17-12(23-18-14)7-16-11(19)6-15/h4-5H,6-7,15H2,1-3H3,(H,16,19). The van der Waals surface area contributed by atoms with Crippen LogP contribution in [0.25, 0.3) is 11.4 Å². The molecule has 0 saturated carbocycles. The minimum absolute atomic E-state index is 0.103. The zero-order valence-corrected chi connectivity index (χ0v) is 13.1. The van der Waals surface area contributed by atoms with Gasteiger partial charge in [-0.05, 0) is 12.1 Å². The van der Waals surface area contributed by atoms with Crippen molar-refractivity contribution in [1.29, 1.82) is 0 Å². The molecule has 0 unspecified atom stereocenters. The van der Waals surface area contributed by atoms with Gasteiger partial charge in [0.05, 0.1) is 34.4 Å². The zero-order chi connectivity index (χ0) is 16.8. The van der Waals surface area contributed by atoms with Crippen LogP contribution < -0.4 is 25.3 Å². The number of ether oxygens (including phenoxy) is 3. The lowest BCUT2D eigenvalue weighted by Gasteiger charge is -2.12. The number of methoxy groups -OCH3 is 3. The summed E-state index contributed by atoms with van der Waals surface area (Å²) in [5, 5.41) is 6.42. The van der Waals surface area contributed by atoms with Crippen molar-refractivity contribution in [3.63, 3.8) is 0 Å². The van der Waals surface area contributed by atoms with E-state index < -0.39 is 0 Å². The zero-order valence-electron chi connectivity index (χ0n) is 13.1. The van der Waals surface area contributed by atoms with Crippen molar-refractivity contribution in [1.82, 2.24) is 15.5 Å². The molecule has 1 aromatic carbocycles. The van der Waals surface area contributed by atoms with Crippen LogP contribution in [0.5, 0.6) is 17.2 Å². The summed E-state index contributed by atoms with van der Waals surface area (Å²) in [5.74, 6) is 1.71. The van der Waals surface area contributed by atoms with Crippen LogP contribution in [-0.4, -0.2) is 43.9 Å². The van der Waals surface area contributed by atoms with Crippen LogP contribution in [0.3, 0.4) is 0 Å². The van der Waals surface area contributed by atoms with Crippen LogP contribution >= 0.6 is 0 Å². The minimum atomic E-state index is -0.308. The maximum Gasteiger partial charge on any atom is 0.246 e. The quantitative estimate of drug-likeness (QED) is 0.748. The Labute approximate surface area is 132 Å². The summed E-state index contributed by atoms with van der Waals surface area (Å²) in [4.78, 5) is 15.3. The summed E-state index contributed by atoms with van der Waals surface area (Å²) in [7, 11) is 4.56. The lowest BCUT2D eigenvalue weighted by atomic mass is 10.1. The molecule has 1 amide bonds. The highest BCUT2D eigenvalue weighted by atomic mass is 16.5. The fraction of sp³-hybridized carbons (Fsp3) is 0.357. The number of nitrogens with one attached hydrogen (secondary N) is 1. The Morgan fingerprint density at radius 2 is 1.87 bits per heavy atom. The maximum absolute atomic E-state index is 11.1. The molecule has 3 N–H and O–H groups in total. The van der Waals surface area contributed by atoms with Crippen molar-refractivity contribution in [3.05, 3.63) is 18.0 Å². The number of hydrogen-bond acceptors (Lipinski definition) is 8. The third-order valence-corrected chi connectivity index (χ3v) is 3.01. The first-order valence-electron chi connectivity index (χ1n) is 6.72. The van der Waals surface area contributed by atoms with Gasteiger partial charge in [0, 0.05) is 5.56 Å². The lowest BCUT2D eigenvalue weighted by molar-refractivity contribution is -0.120. The van der Waals surface area contributed by atoms with E-state index in [-0.39, 0.29) is 24.9 Å². The monoisotopic (exact) mass is 322 g/mol. The van der Waals surface area contributed by atoms with Crippen LogP contribution in [0.1, 0.15) is 5.89 Å². The van der Waals surface area contributed by atoms with Gasteiger partial charge in [0.1, 0.15) is 0 Å². The molecule has 0 atom stereocenters. The summed E-state index contributed by atoms with van der Waals surface area (Å²) in [5.41, 5.74) is 5.83. The van der Waals surface area contributed by atoms with E-state index in [1.807, 2.05) is 0 Å². The van der Waals surface area contributed by atoms with E-state index in [0.29, 0.717) is 28.6 Å². The van der Waals surface area contributed by atoms with Crippen LogP contribution in [0.4, 0.5) is 0 Å². The summed E-state index contributed by atoms with van der Waals surface area (Å²) < 4.78 is 20.9. The predicted molar refractivity (Wildman–Crippen MR) is 80.3 cm³/mol. The van der Waals surface area contributed by atoms with Crippen molar-refractivity contribution in [2.24, 2.45) is 5.73 Å². The molecular formula is C14H18N4O5. The van der Waals surface area contributed by atoms with Gasteiger partial charge in [0.25, 0.3) is 0 Å². The molecule has 0 radical (unpaired) electrons. The van der Waals surface area contributed by atoms with Gasteiger partial charge in [-0.3, -0.25) is 4.79 Å². The molecule has 0 spiro atoms. The number of nitrogens with zero attached hydrogens (tertiary/aromatic N) is 2. The molecule has 2 rings (SSSR count). The van der Waals surface area contributed by atoms with Gasteiger partial charge < -0.3 is 29.8 Å². The second-order valence-electron chi connectivity index (χ2n) is 4.41. The van der Waals surface area contributed by atoms with Gasteiger partial charge >= 0.3 is 0 Å². The van der Waals surface area contributed by atoms with Gasteiger partial charge in [-0.15, -0.1) is 0 Å². The van der Waals surface area contributed by atoms with Gasteiger partial charge in [-0.25, -0.2) is 0 Å². The largest absolute Gasteiger partial charge is 0.493 e. The van der Waals surface area contributed by atoms with Crippen LogP contribution in [0.15, 0.2) is 16.7 Å². The summed E-state index contributed by atoms with van der Waals surface area (Å²) in [6.45, 7) is 0.00132. The molecule has 1 aromatic heterocycles. The average molecular weight is 322 g/mol. The Balaban J connectivity index is 2.28. The fourth-order valence-corrected chi connectivity index (χ4v) is 1.90. The number of amides is 1. The summed E-state index contributed by atoms with van der Waals surface area (Å²) in [6, 6.07) is 3.41. The van der Waals surface area contributed by atoms with Crippen LogP contribution in [-0.2, 0) is 11.3 Å². The van der Waals surface area contributed by atoms with Crippen molar-refractivity contribution < 1.29 is 23.5 Å². The van der Waals surface area contributed by atoms with E-state index in [1.165, 1.54) is 21.3 Å². The third kappa shape index (κ3) is 3.69. The molecule has 9 heteroatoms. The fourth-order valence-electron chi connectivity index (χ4n) is 1.90. The summed E-state index contributed by atoms with van der Waals surface area (Å²) in [6.07, 6.45) is 0. The highest BCUT2D eigenvalue weighted by molar-refractivity contribution is 5.77. The molecule has 0 aliphatic heterocycles. The molecule has 9 nitrogen and oxygen atoms in total. The Bertz CT molecular complexity index is 661. The molecule has 124 valence electrons. The molecular weight excluding hydrogens is 304 g/mol. The van der Waals surface area contributed by atoms with Gasteiger partial charge in [-0.1, -0.05) is 5.16 Å². The topological polar surface area (TPSA) is 122 Å². The van der Waals surface area contributed by atoms with Crippen molar-refractivity contribution in [2.75, 3.05) is 27.9 Å². The molecule has 0 saturated heterocycles. The highest BCUT2D eigenvalue weighted by Gasteiger charge is 2.17. The van der Waals surface area contributed by atoms with E-state index in [0.717, 1.165) is 0 Å². The van der Waals surface area contributed by atoms with E-state index in [1.54, 1.807) is 12.1 Å². The Hall–Kier alpha value is -2.81. The smallest absolute Gasteiger partial charge is 0.246 e. The van der Waals surface area contributed by atoms with Crippen molar-refractivity contribution >= 4 is 5.91 Å². The first-order chi connectivity index (χ1) is 11.1. The lowest BCUT2D eigenvalue weighted by Crippen LogP contribution is -2.29. The normalized spacial score (nSPS) is 10.3. The van der Waals surface area contributed by atoms with E-state index in [2.05, 4.69) is 15.5 Å². The van der Waals surface area contributed by atoms with E-state index >= 15 is 0 Å².